The molecule has 5 aliphatic rings. The maximum absolute atomic E-state index is 13.6. The summed E-state index contributed by atoms with van der Waals surface area (Å²) in [5.41, 5.74) is -1.04. The van der Waals surface area contributed by atoms with Crippen molar-refractivity contribution in [2.24, 2.45) is 28.6 Å². The zero-order chi connectivity index (χ0) is 25.1. The van der Waals surface area contributed by atoms with Gasteiger partial charge in [-0.05, 0) is 89.3 Å². The Morgan fingerprint density at radius 2 is 1.79 bits per heavy atom. The Labute approximate surface area is 206 Å². The highest BCUT2D eigenvalue weighted by Gasteiger charge is 2.84. The minimum absolute atomic E-state index is 0.0256. The van der Waals surface area contributed by atoms with E-state index in [1.54, 1.807) is 0 Å². The summed E-state index contributed by atoms with van der Waals surface area (Å²) in [4.78, 5) is 27.1. The van der Waals surface area contributed by atoms with Crippen LogP contribution >= 0.6 is 0 Å². The second-order valence-corrected chi connectivity index (χ2v) is 22.9. The lowest BCUT2D eigenvalue weighted by Gasteiger charge is -2.49. The molecule has 34 heavy (non-hydrogen) atoms. The van der Waals surface area contributed by atoms with Gasteiger partial charge in [0, 0.05) is 24.4 Å². The van der Waals surface area contributed by atoms with Crippen molar-refractivity contribution in [3.8, 4) is 0 Å². The molecule has 0 amide bonds. The summed E-state index contributed by atoms with van der Waals surface area (Å²) in [6.07, 6.45) is 4.53. The molecule has 5 fully saturated rings. The third-order valence-electron chi connectivity index (χ3n) is 9.51. The molecular weight excluding hydrogens is 464 g/mol. The summed E-state index contributed by atoms with van der Waals surface area (Å²) in [6, 6.07) is 0. The Balaban J connectivity index is 1.64. The molecule has 4 saturated carbocycles. The minimum atomic E-state index is -1.86. The van der Waals surface area contributed by atoms with Crippen molar-refractivity contribution in [2.45, 2.75) is 102 Å². The van der Waals surface area contributed by atoms with Crippen LogP contribution < -0.4 is 0 Å². The van der Waals surface area contributed by atoms with Gasteiger partial charge in [-0.2, -0.15) is 0 Å². The number of carbonyl (C=O) groups is 2. The standard InChI is InChI=1S/C26H42O6Si2/c1-16-12-24-15-25(16,32-34(7,8)9)11-10-18(24)26-14-17(31-33(4,5)6)13-23(2,22(28)30-26)20(26)19(24)21(27)29-3/h17-20H,1,10-15H2,2-9H3/t17-,18?,19?,20?,23?,24-,25-,26+/m0/s1. The van der Waals surface area contributed by atoms with Crippen LogP contribution in [0.15, 0.2) is 12.2 Å². The maximum Gasteiger partial charge on any atom is 0.312 e. The number of rotatable bonds is 5. The van der Waals surface area contributed by atoms with E-state index >= 15 is 0 Å². The van der Waals surface area contributed by atoms with Crippen LogP contribution in [0.25, 0.3) is 0 Å². The molecule has 0 radical (unpaired) electrons. The first kappa shape index (κ1) is 24.7. The highest BCUT2D eigenvalue weighted by atomic mass is 28.4. The number of hydrogen-bond acceptors (Lipinski definition) is 6. The Bertz CT molecular complexity index is 952. The van der Waals surface area contributed by atoms with E-state index in [0.717, 1.165) is 31.3 Å². The molecule has 4 unspecified atom stereocenters. The van der Waals surface area contributed by atoms with Crippen molar-refractivity contribution in [2.75, 3.05) is 7.11 Å². The molecule has 8 heteroatoms. The summed E-state index contributed by atoms with van der Waals surface area (Å²) in [5.74, 6) is -0.860. The van der Waals surface area contributed by atoms with Gasteiger partial charge in [-0.3, -0.25) is 9.59 Å². The molecule has 0 aromatic heterocycles. The smallest absolute Gasteiger partial charge is 0.312 e. The predicted octanol–water partition coefficient (Wildman–Crippen LogP) is 5.06. The van der Waals surface area contributed by atoms with Gasteiger partial charge in [0.2, 0.25) is 0 Å². The molecule has 1 heterocycles. The average molecular weight is 507 g/mol. The van der Waals surface area contributed by atoms with Gasteiger partial charge in [-0.1, -0.05) is 6.58 Å². The molecule has 4 aliphatic carbocycles. The largest absolute Gasteiger partial charge is 0.469 e. The second-order valence-electron chi connectivity index (χ2n) is 14.0. The van der Waals surface area contributed by atoms with Gasteiger partial charge in [0.05, 0.1) is 24.0 Å². The fourth-order valence-corrected chi connectivity index (χ4v) is 11.8. The maximum atomic E-state index is 13.6. The molecular formula is C26H42O6Si2. The predicted molar refractivity (Wildman–Crippen MR) is 134 cm³/mol. The van der Waals surface area contributed by atoms with E-state index in [-0.39, 0.29) is 40.9 Å². The number of hydrogen-bond donors (Lipinski definition) is 0. The van der Waals surface area contributed by atoms with E-state index in [4.69, 9.17) is 18.3 Å². The van der Waals surface area contributed by atoms with Crippen LogP contribution in [0.3, 0.4) is 0 Å². The van der Waals surface area contributed by atoms with Gasteiger partial charge in [0.25, 0.3) is 0 Å². The lowest BCUT2D eigenvalue weighted by molar-refractivity contribution is -0.163. The van der Waals surface area contributed by atoms with Crippen LogP contribution in [0.2, 0.25) is 39.3 Å². The van der Waals surface area contributed by atoms with Crippen molar-refractivity contribution >= 4 is 28.6 Å². The summed E-state index contributed by atoms with van der Waals surface area (Å²) in [6.45, 7) is 19.8. The van der Waals surface area contributed by atoms with E-state index < -0.39 is 33.6 Å². The minimum Gasteiger partial charge on any atom is -0.469 e. The molecule has 6 nitrogen and oxygen atoms in total. The molecule has 5 rings (SSSR count). The van der Waals surface area contributed by atoms with E-state index in [1.165, 1.54) is 7.11 Å². The molecule has 0 aromatic carbocycles. The monoisotopic (exact) mass is 506 g/mol. The third kappa shape index (κ3) is 3.17. The number of fused-ring (bicyclic) bond motifs is 1. The van der Waals surface area contributed by atoms with Crippen LogP contribution in [-0.4, -0.2) is 53.0 Å². The number of carbonyl (C=O) groups excluding carboxylic acids is 2. The third-order valence-corrected chi connectivity index (χ3v) is 11.6. The van der Waals surface area contributed by atoms with Gasteiger partial charge in [0.15, 0.2) is 16.6 Å². The van der Waals surface area contributed by atoms with Crippen LogP contribution in [-0.2, 0) is 27.9 Å². The van der Waals surface area contributed by atoms with E-state index in [9.17, 15) is 9.59 Å². The number of methoxy groups -OCH3 is 1. The van der Waals surface area contributed by atoms with Crippen molar-refractivity contribution in [1.82, 2.24) is 0 Å². The molecule has 190 valence electrons. The Morgan fingerprint density at radius 1 is 1.12 bits per heavy atom. The quantitative estimate of drug-likeness (QED) is 0.295. The SMILES string of the molecule is C=C1C[C@]23C[C@@]1(O[Si](C)(C)C)CCC2[C@@]12C[C@@H](O[Si](C)(C)C)CC(C)(C(=O)O1)C2C3C(=O)OC. The van der Waals surface area contributed by atoms with Crippen LogP contribution in [0.4, 0.5) is 0 Å². The molecule has 4 bridgehead atoms. The van der Waals surface area contributed by atoms with Crippen LogP contribution in [0, 0.1) is 28.6 Å². The first-order valence-electron chi connectivity index (χ1n) is 12.9. The number of ether oxygens (including phenoxy) is 2. The van der Waals surface area contributed by atoms with Crippen molar-refractivity contribution in [1.29, 1.82) is 0 Å². The summed E-state index contributed by atoms with van der Waals surface area (Å²) >= 11 is 0. The van der Waals surface area contributed by atoms with E-state index in [0.29, 0.717) is 12.8 Å². The molecule has 1 aliphatic heterocycles. The fourth-order valence-electron chi connectivity index (χ4n) is 9.16. The number of esters is 2. The lowest BCUT2D eigenvalue weighted by atomic mass is 9.59. The lowest BCUT2D eigenvalue weighted by Crippen LogP contribution is -2.54. The molecule has 0 N–H and O–H groups in total. The van der Waals surface area contributed by atoms with Gasteiger partial charge in [0.1, 0.15) is 5.60 Å². The topological polar surface area (TPSA) is 71.1 Å². The second kappa shape index (κ2) is 7.08. The van der Waals surface area contributed by atoms with Crippen molar-refractivity contribution < 1.29 is 27.9 Å². The summed E-state index contributed by atoms with van der Waals surface area (Å²) in [5, 5.41) is 0. The molecule has 0 aromatic rings. The van der Waals surface area contributed by atoms with Crippen molar-refractivity contribution in [3.05, 3.63) is 12.2 Å². The first-order valence-corrected chi connectivity index (χ1v) is 19.7. The van der Waals surface area contributed by atoms with Gasteiger partial charge in [-0.25, -0.2) is 0 Å². The Kier molecular flexibility index (Phi) is 5.14. The Morgan fingerprint density at radius 3 is 2.38 bits per heavy atom. The van der Waals surface area contributed by atoms with Crippen molar-refractivity contribution in [3.63, 3.8) is 0 Å². The molecule has 1 spiro atoms. The summed E-state index contributed by atoms with van der Waals surface area (Å²) in [7, 11) is -2.20. The highest BCUT2D eigenvalue weighted by molar-refractivity contribution is 6.70. The molecule has 1 saturated heterocycles. The Hall–Kier alpha value is -0.966. The zero-order valence-corrected chi connectivity index (χ0v) is 24.2. The zero-order valence-electron chi connectivity index (χ0n) is 22.2. The van der Waals surface area contributed by atoms with E-state index in [2.05, 4.69) is 45.9 Å². The van der Waals surface area contributed by atoms with Gasteiger partial charge in [-0.15, -0.1) is 0 Å². The van der Waals surface area contributed by atoms with Gasteiger partial charge < -0.3 is 18.3 Å². The summed E-state index contributed by atoms with van der Waals surface area (Å²) < 4.78 is 25.4. The normalized spacial score (nSPS) is 47.3. The first-order chi connectivity index (χ1) is 15.5. The average Bonchev–Trinajstić information content (AvgIpc) is 3.07. The van der Waals surface area contributed by atoms with Gasteiger partial charge >= 0.3 is 11.9 Å². The molecule has 8 atom stereocenters. The fraction of sp³-hybridized carbons (Fsp3) is 0.846. The van der Waals surface area contributed by atoms with E-state index in [1.807, 2.05) is 6.92 Å². The van der Waals surface area contributed by atoms with Crippen LogP contribution in [0.1, 0.15) is 45.4 Å². The van der Waals surface area contributed by atoms with Crippen LogP contribution in [0.5, 0.6) is 0 Å². The highest BCUT2D eigenvalue weighted by Crippen LogP contribution is 2.79.